The van der Waals surface area contributed by atoms with Crippen molar-refractivity contribution in [1.82, 2.24) is 10.2 Å². The van der Waals surface area contributed by atoms with E-state index in [1.807, 2.05) is 0 Å². The molecule has 1 aliphatic heterocycles. The first-order valence-corrected chi connectivity index (χ1v) is 14.7. The van der Waals surface area contributed by atoms with Crippen LogP contribution in [0.25, 0.3) is 0 Å². The predicted molar refractivity (Wildman–Crippen MR) is 156 cm³/mol. The quantitative estimate of drug-likeness (QED) is 0.270. The highest BCUT2D eigenvalue weighted by Gasteiger charge is 2.57. The minimum atomic E-state index is -1.70. The van der Waals surface area contributed by atoms with Crippen molar-refractivity contribution in [2.45, 2.75) is 64.5 Å². The summed E-state index contributed by atoms with van der Waals surface area (Å²) in [6.07, 6.45) is 3.37. The maximum atomic E-state index is 13.9. The van der Waals surface area contributed by atoms with E-state index in [0.29, 0.717) is 30.0 Å². The van der Waals surface area contributed by atoms with Crippen LogP contribution in [0.5, 0.6) is 17.2 Å². The number of Topliss-reactive ketones (excluding diaryl/α,β-unsaturated/α-hetero) is 1. The average Bonchev–Trinajstić information content (AvgIpc) is 3.18. The van der Waals surface area contributed by atoms with Crippen molar-refractivity contribution in [3.8, 4) is 17.2 Å². The van der Waals surface area contributed by atoms with Gasteiger partial charge in [-0.1, -0.05) is 40.0 Å². The third-order valence-corrected chi connectivity index (χ3v) is 7.98. The van der Waals surface area contributed by atoms with Gasteiger partial charge in [-0.2, -0.15) is 0 Å². The van der Waals surface area contributed by atoms with Crippen LogP contribution in [0.2, 0.25) is 0 Å². The highest BCUT2D eigenvalue weighted by atomic mass is 32.2. The standard InChI is InChI=1S/C29H36N4O8S/c1-28(2,3)24(34)23(33-26(36)29(31-27(33)37)15-7-6-8-16-29)25(35)30-21-17-20(39-4)13-14-22(21)41-19-11-9-18(10-12-19)32-42(38)40-5/h9-14,17,23,32H,6-8,15-16H2,1-5H3,(H,30,35)(H,31,37). The van der Waals surface area contributed by atoms with Crippen molar-refractivity contribution >= 4 is 46.3 Å². The third kappa shape index (κ3) is 6.57. The molecule has 2 aromatic carbocycles. The van der Waals surface area contributed by atoms with Crippen molar-refractivity contribution in [1.29, 1.82) is 0 Å². The van der Waals surface area contributed by atoms with Crippen LogP contribution in [-0.2, 0) is 29.8 Å². The number of hydrogen-bond acceptors (Lipinski definition) is 8. The Bertz CT molecular complexity index is 1380. The molecule has 2 atom stereocenters. The van der Waals surface area contributed by atoms with Crippen LogP contribution in [-0.4, -0.2) is 58.5 Å². The second kappa shape index (κ2) is 12.5. The van der Waals surface area contributed by atoms with Gasteiger partial charge in [-0.15, -0.1) is 0 Å². The van der Waals surface area contributed by atoms with Crippen LogP contribution in [0.3, 0.4) is 0 Å². The number of carbonyl (C=O) groups is 4. The molecule has 1 heterocycles. The molecule has 0 aromatic heterocycles. The monoisotopic (exact) mass is 600 g/mol. The van der Waals surface area contributed by atoms with Crippen molar-refractivity contribution in [2.75, 3.05) is 24.3 Å². The minimum Gasteiger partial charge on any atom is -0.497 e. The molecule has 1 saturated carbocycles. The van der Waals surface area contributed by atoms with Crippen LogP contribution in [0, 0.1) is 5.41 Å². The van der Waals surface area contributed by atoms with E-state index in [4.69, 9.17) is 13.7 Å². The molecule has 0 radical (unpaired) electrons. The van der Waals surface area contributed by atoms with Crippen LogP contribution in [0.15, 0.2) is 42.5 Å². The SMILES string of the molecule is COc1ccc(Oc2ccc(NS(=O)OC)cc2)c(NC(=O)C(C(=O)C(C)(C)C)N2C(=O)NC3(CCCCC3)C2=O)c1. The van der Waals surface area contributed by atoms with Gasteiger partial charge in [0.1, 0.15) is 17.0 Å². The zero-order valence-corrected chi connectivity index (χ0v) is 25.1. The Morgan fingerprint density at radius 1 is 1.00 bits per heavy atom. The van der Waals surface area contributed by atoms with Gasteiger partial charge in [-0.25, -0.2) is 13.9 Å². The molecule has 226 valence electrons. The number of methoxy groups -OCH3 is 1. The van der Waals surface area contributed by atoms with Crippen LogP contribution in [0.1, 0.15) is 52.9 Å². The Morgan fingerprint density at radius 3 is 2.24 bits per heavy atom. The van der Waals surface area contributed by atoms with Gasteiger partial charge in [0.2, 0.25) is 0 Å². The number of imide groups is 1. The van der Waals surface area contributed by atoms with Gasteiger partial charge in [-0.3, -0.25) is 23.3 Å². The first-order chi connectivity index (χ1) is 19.9. The number of ether oxygens (including phenoxy) is 2. The van der Waals surface area contributed by atoms with E-state index in [1.54, 1.807) is 57.2 Å². The number of urea groups is 1. The molecule has 42 heavy (non-hydrogen) atoms. The highest BCUT2D eigenvalue weighted by Crippen LogP contribution is 2.37. The predicted octanol–water partition coefficient (Wildman–Crippen LogP) is 4.30. The lowest BCUT2D eigenvalue weighted by atomic mass is 9.81. The number of carbonyl (C=O) groups excluding carboxylic acids is 4. The minimum absolute atomic E-state index is 0.160. The maximum Gasteiger partial charge on any atom is 0.326 e. The third-order valence-electron chi connectivity index (χ3n) is 7.27. The molecular formula is C29H36N4O8S. The summed E-state index contributed by atoms with van der Waals surface area (Å²) in [5.41, 5.74) is -1.46. The average molecular weight is 601 g/mol. The van der Waals surface area contributed by atoms with E-state index in [1.165, 1.54) is 20.3 Å². The lowest BCUT2D eigenvalue weighted by Crippen LogP contribution is -2.56. The first-order valence-electron chi connectivity index (χ1n) is 13.6. The molecule has 12 nitrogen and oxygen atoms in total. The smallest absolute Gasteiger partial charge is 0.326 e. The van der Waals surface area contributed by atoms with Gasteiger partial charge in [-0.05, 0) is 49.2 Å². The number of hydrogen-bond donors (Lipinski definition) is 3. The molecule has 1 saturated heterocycles. The highest BCUT2D eigenvalue weighted by molar-refractivity contribution is 7.81. The Hall–Kier alpha value is -3.97. The lowest BCUT2D eigenvalue weighted by Gasteiger charge is -2.32. The van der Waals surface area contributed by atoms with E-state index in [0.717, 1.165) is 24.2 Å². The molecule has 1 aliphatic carbocycles. The molecule has 13 heteroatoms. The number of rotatable bonds is 10. The van der Waals surface area contributed by atoms with E-state index in [2.05, 4.69) is 15.4 Å². The number of nitrogens with one attached hydrogen (secondary N) is 3. The normalized spacial score (nSPS) is 17.8. The second-order valence-corrected chi connectivity index (χ2v) is 12.3. The molecule has 0 bridgehead atoms. The summed E-state index contributed by atoms with van der Waals surface area (Å²) in [7, 11) is 2.76. The van der Waals surface area contributed by atoms with E-state index < -0.39 is 51.9 Å². The lowest BCUT2D eigenvalue weighted by molar-refractivity contribution is -0.145. The van der Waals surface area contributed by atoms with Crippen molar-refractivity contribution in [3.63, 3.8) is 0 Å². The molecule has 2 aromatic rings. The fourth-order valence-electron chi connectivity index (χ4n) is 5.01. The number of ketones is 1. The number of amides is 4. The number of benzene rings is 2. The molecule has 3 N–H and O–H groups in total. The molecule has 2 unspecified atom stereocenters. The largest absolute Gasteiger partial charge is 0.497 e. The summed E-state index contributed by atoms with van der Waals surface area (Å²) in [6, 6.07) is 8.75. The van der Waals surface area contributed by atoms with Crippen molar-refractivity contribution in [2.24, 2.45) is 5.41 Å². The Balaban J connectivity index is 1.64. The summed E-state index contributed by atoms with van der Waals surface area (Å²) in [5, 5.41) is 5.49. The van der Waals surface area contributed by atoms with Gasteiger partial charge in [0.25, 0.3) is 23.1 Å². The van der Waals surface area contributed by atoms with E-state index in [-0.39, 0.29) is 11.4 Å². The summed E-state index contributed by atoms with van der Waals surface area (Å²) in [6.45, 7) is 4.89. The first kappa shape index (κ1) is 31.0. The van der Waals surface area contributed by atoms with Crippen LogP contribution >= 0.6 is 0 Å². The van der Waals surface area contributed by atoms with E-state index in [9.17, 15) is 23.4 Å². The van der Waals surface area contributed by atoms with E-state index >= 15 is 0 Å². The zero-order valence-electron chi connectivity index (χ0n) is 24.3. The van der Waals surface area contributed by atoms with Gasteiger partial charge in [0.05, 0.1) is 19.9 Å². The summed E-state index contributed by atoms with van der Waals surface area (Å²) >= 11 is -1.70. The van der Waals surface area contributed by atoms with Crippen LogP contribution in [0.4, 0.5) is 16.2 Å². The van der Waals surface area contributed by atoms with Gasteiger partial charge in [0, 0.05) is 17.2 Å². The summed E-state index contributed by atoms with van der Waals surface area (Å²) in [5.74, 6) is -0.998. The maximum absolute atomic E-state index is 13.9. The van der Waals surface area contributed by atoms with Gasteiger partial charge >= 0.3 is 6.03 Å². The Morgan fingerprint density at radius 2 is 1.64 bits per heavy atom. The molecule has 4 amide bonds. The van der Waals surface area contributed by atoms with Gasteiger partial charge < -0.3 is 20.1 Å². The van der Waals surface area contributed by atoms with Crippen molar-refractivity contribution in [3.05, 3.63) is 42.5 Å². The number of anilines is 2. The zero-order chi connectivity index (χ0) is 30.7. The molecule has 2 fully saturated rings. The second-order valence-electron chi connectivity index (χ2n) is 11.2. The Kier molecular flexibility index (Phi) is 9.21. The molecule has 4 rings (SSSR count). The van der Waals surface area contributed by atoms with Crippen molar-refractivity contribution < 1.29 is 37.0 Å². The fraction of sp³-hybridized carbons (Fsp3) is 0.448. The Labute approximate surface area is 247 Å². The molecular weight excluding hydrogens is 564 g/mol. The number of nitrogens with zero attached hydrogens (tertiary/aromatic N) is 1. The molecule has 2 aliphatic rings. The topological polar surface area (TPSA) is 152 Å². The van der Waals surface area contributed by atoms with Gasteiger partial charge in [0.15, 0.2) is 17.6 Å². The van der Waals surface area contributed by atoms with Crippen LogP contribution < -0.4 is 24.8 Å². The fourth-order valence-corrected chi connectivity index (χ4v) is 5.43. The summed E-state index contributed by atoms with van der Waals surface area (Å²) < 4.78 is 30.3. The summed E-state index contributed by atoms with van der Waals surface area (Å²) in [4.78, 5) is 55.2. The molecule has 1 spiro atoms.